The number of rotatable bonds is 6. The van der Waals surface area contributed by atoms with E-state index >= 15 is 0 Å². The Labute approximate surface area is 113 Å². The summed E-state index contributed by atoms with van der Waals surface area (Å²) in [6.45, 7) is 1.83. The molecule has 0 aliphatic carbocycles. The molecule has 2 unspecified atom stereocenters. The molecule has 2 atom stereocenters. The van der Waals surface area contributed by atoms with E-state index in [2.05, 4.69) is 5.32 Å². The second-order valence-electron chi connectivity index (χ2n) is 4.59. The molecular weight excluding hydrogens is 246 g/mol. The lowest BCUT2D eigenvalue weighted by atomic mass is 10.1. The third-order valence-electron chi connectivity index (χ3n) is 3.15. The molecule has 1 aliphatic heterocycles. The first-order valence-corrected chi connectivity index (χ1v) is 6.49. The lowest BCUT2D eigenvalue weighted by molar-refractivity contribution is 0.137. The lowest BCUT2D eigenvalue weighted by Crippen LogP contribution is -2.18. The molecule has 5 heteroatoms. The van der Waals surface area contributed by atoms with Crippen LogP contribution in [-0.4, -0.2) is 45.1 Å². The van der Waals surface area contributed by atoms with Crippen LogP contribution in [-0.2, 0) is 4.74 Å². The molecule has 106 valence electrons. The average molecular weight is 267 g/mol. The van der Waals surface area contributed by atoms with Gasteiger partial charge in [0.1, 0.15) is 6.10 Å². The van der Waals surface area contributed by atoms with Crippen LogP contribution in [0.1, 0.15) is 18.1 Å². The molecule has 1 aromatic rings. The lowest BCUT2D eigenvalue weighted by Gasteiger charge is -2.17. The normalized spacial score (nSPS) is 20.3. The van der Waals surface area contributed by atoms with Crippen molar-refractivity contribution in [1.82, 2.24) is 5.32 Å². The van der Waals surface area contributed by atoms with Crippen molar-refractivity contribution in [2.24, 2.45) is 0 Å². The smallest absolute Gasteiger partial charge is 0.162 e. The van der Waals surface area contributed by atoms with Gasteiger partial charge in [-0.15, -0.1) is 0 Å². The molecule has 1 heterocycles. The molecule has 0 saturated carbocycles. The van der Waals surface area contributed by atoms with E-state index in [4.69, 9.17) is 14.2 Å². The largest absolute Gasteiger partial charge is 0.493 e. The first kappa shape index (κ1) is 14.1. The van der Waals surface area contributed by atoms with Crippen LogP contribution < -0.4 is 14.8 Å². The van der Waals surface area contributed by atoms with E-state index in [1.54, 1.807) is 14.2 Å². The molecule has 0 bridgehead atoms. The summed E-state index contributed by atoms with van der Waals surface area (Å²) in [5.41, 5.74) is 0.809. The van der Waals surface area contributed by atoms with Gasteiger partial charge in [-0.2, -0.15) is 0 Å². The summed E-state index contributed by atoms with van der Waals surface area (Å²) in [7, 11) is 3.41. The predicted molar refractivity (Wildman–Crippen MR) is 71.7 cm³/mol. The SMILES string of the molecule is CNCC(O)c1ccc(OC)c(OC2CCOC2)c1. The third-order valence-corrected chi connectivity index (χ3v) is 3.15. The van der Waals surface area contributed by atoms with Gasteiger partial charge in [0.2, 0.25) is 0 Å². The summed E-state index contributed by atoms with van der Waals surface area (Å²) < 4.78 is 16.5. The van der Waals surface area contributed by atoms with E-state index in [1.807, 2.05) is 18.2 Å². The van der Waals surface area contributed by atoms with Crippen LogP contribution in [0.15, 0.2) is 18.2 Å². The van der Waals surface area contributed by atoms with Crippen molar-refractivity contribution in [3.63, 3.8) is 0 Å². The highest BCUT2D eigenvalue weighted by Crippen LogP contribution is 2.32. The molecule has 0 spiro atoms. The molecule has 0 aromatic heterocycles. The minimum Gasteiger partial charge on any atom is -0.493 e. The Kier molecular flexibility index (Phi) is 5.01. The zero-order valence-electron chi connectivity index (χ0n) is 11.4. The highest BCUT2D eigenvalue weighted by atomic mass is 16.6. The summed E-state index contributed by atoms with van der Waals surface area (Å²) in [5.74, 6) is 1.33. The Morgan fingerprint density at radius 3 is 2.95 bits per heavy atom. The molecule has 1 fully saturated rings. The Hall–Kier alpha value is -1.30. The maximum Gasteiger partial charge on any atom is 0.162 e. The van der Waals surface area contributed by atoms with Crippen molar-refractivity contribution in [2.75, 3.05) is 33.9 Å². The molecule has 0 amide bonds. The minimum absolute atomic E-state index is 0.0607. The fraction of sp³-hybridized carbons (Fsp3) is 0.571. The molecule has 1 saturated heterocycles. The summed E-state index contributed by atoms with van der Waals surface area (Å²) >= 11 is 0. The van der Waals surface area contributed by atoms with Gasteiger partial charge < -0.3 is 24.6 Å². The van der Waals surface area contributed by atoms with E-state index in [-0.39, 0.29) is 6.10 Å². The number of aliphatic hydroxyl groups is 1. The zero-order valence-corrected chi connectivity index (χ0v) is 11.4. The van der Waals surface area contributed by atoms with Gasteiger partial charge in [-0.3, -0.25) is 0 Å². The average Bonchev–Trinajstić information content (AvgIpc) is 2.92. The van der Waals surface area contributed by atoms with Crippen molar-refractivity contribution in [3.05, 3.63) is 23.8 Å². The molecule has 0 radical (unpaired) electrons. The maximum atomic E-state index is 9.99. The van der Waals surface area contributed by atoms with Crippen LogP contribution in [0.25, 0.3) is 0 Å². The number of methoxy groups -OCH3 is 1. The summed E-state index contributed by atoms with van der Waals surface area (Å²) in [6.07, 6.45) is 0.385. The van der Waals surface area contributed by atoms with Crippen molar-refractivity contribution in [2.45, 2.75) is 18.6 Å². The second-order valence-corrected chi connectivity index (χ2v) is 4.59. The Morgan fingerprint density at radius 2 is 2.32 bits per heavy atom. The van der Waals surface area contributed by atoms with Gasteiger partial charge in [0, 0.05) is 13.0 Å². The number of benzene rings is 1. The monoisotopic (exact) mass is 267 g/mol. The summed E-state index contributed by atoms with van der Waals surface area (Å²) in [5, 5.41) is 12.9. The highest BCUT2D eigenvalue weighted by molar-refractivity contribution is 5.43. The van der Waals surface area contributed by atoms with Crippen molar-refractivity contribution in [1.29, 1.82) is 0 Å². The summed E-state index contributed by atoms with van der Waals surface area (Å²) in [4.78, 5) is 0. The van der Waals surface area contributed by atoms with Crippen molar-refractivity contribution >= 4 is 0 Å². The fourth-order valence-electron chi connectivity index (χ4n) is 2.09. The maximum absolute atomic E-state index is 9.99. The molecule has 1 aliphatic rings. The Bertz CT molecular complexity index is 404. The minimum atomic E-state index is -0.557. The van der Waals surface area contributed by atoms with Gasteiger partial charge in [-0.1, -0.05) is 6.07 Å². The number of hydrogen-bond donors (Lipinski definition) is 2. The number of likely N-dealkylation sites (N-methyl/N-ethyl adjacent to an activating group) is 1. The number of hydrogen-bond acceptors (Lipinski definition) is 5. The summed E-state index contributed by atoms with van der Waals surface area (Å²) in [6, 6.07) is 5.50. The second kappa shape index (κ2) is 6.75. The topological polar surface area (TPSA) is 60.0 Å². The Morgan fingerprint density at radius 1 is 1.47 bits per heavy atom. The van der Waals surface area contributed by atoms with Crippen LogP contribution >= 0.6 is 0 Å². The van der Waals surface area contributed by atoms with Gasteiger partial charge in [0.05, 0.1) is 26.4 Å². The van der Waals surface area contributed by atoms with Crippen LogP contribution in [0, 0.1) is 0 Å². The highest BCUT2D eigenvalue weighted by Gasteiger charge is 2.20. The first-order valence-electron chi connectivity index (χ1n) is 6.49. The predicted octanol–water partition coefficient (Wildman–Crippen LogP) is 1.12. The molecule has 2 N–H and O–H groups in total. The van der Waals surface area contributed by atoms with Gasteiger partial charge >= 0.3 is 0 Å². The number of aliphatic hydroxyl groups excluding tert-OH is 1. The Balaban J connectivity index is 2.15. The fourth-order valence-corrected chi connectivity index (χ4v) is 2.09. The zero-order chi connectivity index (χ0) is 13.7. The quantitative estimate of drug-likeness (QED) is 0.808. The van der Waals surface area contributed by atoms with Crippen molar-refractivity contribution < 1.29 is 19.3 Å². The van der Waals surface area contributed by atoms with Gasteiger partial charge in [0.25, 0.3) is 0 Å². The third kappa shape index (κ3) is 3.59. The van der Waals surface area contributed by atoms with Gasteiger partial charge in [0.15, 0.2) is 11.5 Å². The van der Waals surface area contributed by atoms with Gasteiger partial charge in [-0.05, 0) is 24.7 Å². The number of nitrogens with one attached hydrogen (secondary N) is 1. The van der Waals surface area contributed by atoms with E-state index in [0.29, 0.717) is 24.7 Å². The van der Waals surface area contributed by atoms with Crippen LogP contribution in [0.5, 0.6) is 11.5 Å². The molecule has 2 rings (SSSR count). The van der Waals surface area contributed by atoms with Crippen LogP contribution in [0.4, 0.5) is 0 Å². The van der Waals surface area contributed by atoms with Crippen molar-refractivity contribution in [3.8, 4) is 11.5 Å². The van der Waals surface area contributed by atoms with E-state index in [9.17, 15) is 5.11 Å². The van der Waals surface area contributed by atoms with E-state index < -0.39 is 6.10 Å². The number of ether oxygens (including phenoxy) is 3. The molecule has 5 nitrogen and oxygen atoms in total. The van der Waals surface area contributed by atoms with Crippen LogP contribution in [0.2, 0.25) is 0 Å². The molecular formula is C14H21NO4. The van der Waals surface area contributed by atoms with E-state index in [0.717, 1.165) is 18.6 Å². The molecule has 19 heavy (non-hydrogen) atoms. The molecule has 1 aromatic carbocycles. The first-order chi connectivity index (χ1) is 9.24. The van der Waals surface area contributed by atoms with Gasteiger partial charge in [-0.25, -0.2) is 0 Å². The van der Waals surface area contributed by atoms with E-state index in [1.165, 1.54) is 0 Å². The standard InChI is InChI=1S/C14H21NO4/c1-15-8-12(16)10-3-4-13(17-2)14(7-10)19-11-5-6-18-9-11/h3-4,7,11-12,15-16H,5-6,8-9H2,1-2H3. The van der Waals surface area contributed by atoms with Crippen LogP contribution in [0.3, 0.4) is 0 Å².